The number of fused-ring (bicyclic) bond motifs is 2. The van der Waals surface area contributed by atoms with Gasteiger partial charge in [0.1, 0.15) is 0 Å². The molecule has 3 aliphatic carbocycles. The molecule has 0 fully saturated rings. The minimum absolute atomic E-state index is 0.782. The van der Waals surface area contributed by atoms with Crippen molar-refractivity contribution < 1.29 is 0 Å². The zero-order chi connectivity index (χ0) is 56.8. The first-order valence-corrected chi connectivity index (χ1v) is 28.8. The quantitative estimate of drug-likeness (QED) is 0.0465. The van der Waals surface area contributed by atoms with Crippen LogP contribution in [0.25, 0.3) is 27.1 Å². The molecule has 0 unspecified atom stereocenters. The zero-order valence-corrected chi connectivity index (χ0v) is 50.0. The summed E-state index contributed by atoms with van der Waals surface area (Å²) in [5, 5.41) is 8.78. The number of nitrogens with one attached hydrogen (secondary N) is 1. The molecule has 0 aromatic heterocycles. The van der Waals surface area contributed by atoms with E-state index in [-0.39, 0.29) is 0 Å². The second-order valence-electron chi connectivity index (χ2n) is 18.0. The van der Waals surface area contributed by atoms with E-state index in [4.69, 9.17) is 0 Å². The number of allylic oxidation sites excluding steroid dienone is 31. The number of hydrogen-bond donors (Lipinski definition) is 2. The Labute approximate surface area is 474 Å². The van der Waals surface area contributed by atoms with E-state index in [2.05, 4.69) is 249 Å². The first-order valence-electron chi connectivity index (χ1n) is 27.9. The molecule has 0 heterocycles. The molecule has 0 bridgehead atoms. The van der Waals surface area contributed by atoms with Crippen molar-refractivity contribution >= 4 is 45.4 Å². The van der Waals surface area contributed by atoms with Crippen molar-refractivity contribution in [2.24, 2.45) is 0 Å². The topological polar surface area (TPSA) is 12.0 Å². The van der Waals surface area contributed by atoms with E-state index < -0.39 is 0 Å². The van der Waals surface area contributed by atoms with Gasteiger partial charge in [0.05, 0.1) is 0 Å². The van der Waals surface area contributed by atoms with Crippen LogP contribution in [0, 0.1) is 6.92 Å². The predicted octanol–water partition coefficient (Wildman–Crippen LogP) is 23.0. The largest absolute Gasteiger partial charge is 0.362 e. The average molecular weight is 1040 g/mol. The lowest BCUT2D eigenvalue weighted by Crippen LogP contribution is -2.04. The summed E-state index contributed by atoms with van der Waals surface area (Å²) in [7, 11) is 0. The maximum atomic E-state index is 4.30. The number of anilines is 1. The fraction of sp³-hybridized carbons (Fsp3) is 0.253. The minimum atomic E-state index is 0.782. The highest BCUT2D eigenvalue weighted by Gasteiger charge is 2.18. The van der Waals surface area contributed by atoms with Crippen LogP contribution in [0.2, 0.25) is 0 Å². The SMILES string of the molecule is C=C/C(Cc1ccc(N/C=C/CC)cc1)=C(C=C)/C(C1=CC=CCC1)=C(/C=C\C=C/C)C(=C)C.C=CC\C(C)=C/C(/C=C\C)=C1/C=CC=CC1.CC.CC.CS.Cc1c2ccccc2c(C2=CCCC=C2)c2ccccc12. The normalized spacial score (nSPS) is 15.0. The Morgan fingerprint density at radius 2 is 1.36 bits per heavy atom. The molecule has 1 N–H and O–H groups in total. The summed E-state index contributed by atoms with van der Waals surface area (Å²) in [4.78, 5) is 0. The summed E-state index contributed by atoms with van der Waals surface area (Å²) >= 11 is 3.53. The monoisotopic (exact) mass is 1040 g/mol. The number of aryl methyl sites for hydroxylation is 1. The summed E-state index contributed by atoms with van der Waals surface area (Å²) in [6.45, 7) is 37.1. The molecule has 4 aromatic carbocycles. The van der Waals surface area contributed by atoms with Gasteiger partial charge in [-0.05, 0) is 193 Å². The third-order valence-electron chi connectivity index (χ3n) is 12.6. The summed E-state index contributed by atoms with van der Waals surface area (Å²) in [5.74, 6) is 0. The Morgan fingerprint density at radius 1 is 0.701 bits per heavy atom. The van der Waals surface area contributed by atoms with Crippen LogP contribution >= 0.6 is 12.6 Å². The summed E-state index contributed by atoms with van der Waals surface area (Å²) in [5.41, 5.74) is 17.4. The van der Waals surface area contributed by atoms with Crippen molar-refractivity contribution in [3.63, 3.8) is 0 Å². The van der Waals surface area contributed by atoms with Crippen molar-refractivity contribution in [2.45, 2.75) is 121 Å². The molecule has 0 spiro atoms. The summed E-state index contributed by atoms with van der Waals surface area (Å²) in [6, 6.07) is 26.1. The molecule has 0 aliphatic heterocycles. The Balaban J connectivity index is 0.000000402. The highest BCUT2D eigenvalue weighted by molar-refractivity contribution is 7.79. The zero-order valence-electron chi connectivity index (χ0n) is 49.1. The van der Waals surface area contributed by atoms with Crippen LogP contribution in [0.1, 0.15) is 124 Å². The van der Waals surface area contributed by atoms with E-state index in [1.54, 1.807) is 6.26 Å². The number of hydrogen-bond acceptors (Lipinski definition) is 2. The van der Waals surface area contributed by atoms with Crippen molar-refractivity contribution in [1.82, 2.24) is 0 Å². The number of rotatable bonds is 17. The molecule has 7 rings (SSSR count). The summed E-state index contributed by atoms with van der Waals surface area (Å²) in [6.07, 6.45) is 56.7. The van der Waals surface area contributed by atoms with E-state index in [1.165, 1.54) is 71.7 Å². The van der Waals surface area contributed by atoms with Gasteiger partial charge in [0.25, 0.3) is 0 Å². The molecule has 0 saturated carbocycles. The molecular weight excluding hydrogens is 947 g/mol. The van der Waals surface area contributed by atoms with Crippen LogP contribution in [-0.2, 0) is 6.42 Å². The van der Waals surface area contributed by atoms with Crippen molar-refractivity contribution in [1.29, 1.82) is 0 Å². The fourth-order valence-electron chi connectivity index (χ4n) is 9.05. The standard InChI is InChI=1S/C33H39N.C21H18.C16H20.2C2H6.CH4S/c1-7-11-14-19-32(26(5)6)33(29-17-15-13-16-18-29)31(10-4)28(9-3)25-27-20-22-30(23-21-27)34-24-12-8-2;1-15-17-11-5-7-13-19(17)21(16-9-3-2-4-10-16)20-14-8-6-12-18(15)20;1-4-9-14(3)13-16(10-5-2)15-11-7-6-8-12-15;3*1-2/h7,9-15,17,19-24,34H,3-5,8,16,18,25H2,1-2,6H3;3,5-14H,2,4H2,1H3;4-8,10-11,13H,1,9,12H2,2-3H3;2*1-2H3;2H,1H3/b11-7-,19-14-,24-12+,31-28-,33-32-;;10-5-,14-13-,16-15-;;;. The second-order valence-corrected chi connectivity index (χ2v) is 18.0. The van der Waals surface area contributed by atoms with Gasteiger partial charge in [0.2, 0.25) is 0 Å². The average Bonchev–Trinajstić information content (AvgIpc) is 3.49. The molecule has 0 radical (unpaired) electrons. The molecule has 0 saturated heterocycles. The maximum absolute atomic E-state index is 4.30. The third kappa shape index (κ3) is 21.1. The molecule has 2 heteroatoms. The molecule has 4 aromatic rings. The minimum Gasteiger partial charge on any atom is -0.362 e. The van der Waals surface area contributed by atoms with E-state index >= 15 is 0 Å². The van der Waals surface area contributed by atoms with Crippen molar-refractivity contribution in [3.05, 3.63) is 300 Å². The molecule has 3 aliphatic rings. The van der Waals surface area contributed by atoms with Crippen LogP contribution in [0.5, 0.6) is 0 Å². The van der Waals surface area contributed by atoms with Gasteiger partial charge in [0.15, 0.2) is 0 Å². The Kier molecular flexibility index (Phi) is 33.7. The van der Waals surface area contributed by atoms with Gasteiger partial charge in [-0.2, -0.15) is 12.6 Å². The van der Waals surface area contributed by atoms with Gasteiger partial charge in [-0.3, -0.25) is 0 Å². The van der Waals surface area contributed by atoms with E-state index in [9.17, 15) is 0 Å². The van der Waals surface area contributed by atoms with E-state index in [0.717, 1.165) is 79.3 Å². The Bertz CT molecular complexity index is 2920. The van der Waals surface area contributed by atoms with Crippen LogP contribution in [0.3, 0.4) is 0 Å². The Morgan fingerprint density at radius 3 is 1.87 bits per heavy atom. The molecule has 1 nitrogen and oxygen atoms in total. The predicted molar refractivity (Wildman–Crippen MR) is 356 cm³/mol. The van der Waals surface area contributed by atoms with E-state index in [0.29, 0.717) is 0 Å². The van der Waals surface area contributed by atoms with Gasteiger partial charge in [-0.1, -0.05) is 254 Å². The highest BCUT2D eigenvalue weighted by Crippen LogP contribution is 2.39. The third-order valence-corrected chi connectivity index (χ3v) is 12.6. The van der Waals surface area contributed by atoms with Gasteiger partial charge in [-0.25, -0.2) is 0 Å². The maximum Gasteiger partial charge on any atom is 0.0379 e. The van der Waals surface area contributed by atoms with Gasteiger partial charge >= 0.3 is 0 Å². The van der Waals surface area contributed by atoms with Gasteiger partial charge in [-0.15, -0.1) is 6.58 Å². The fourth-order valence-corrected chi connectivity index (χ4v) is 9.05. The first-order chi connectivity index (χ1) is 37.7. The molecular formula is C75H93NS. The molecule has 404 valence electrons. The van der Waals surface area contributed by atoms with E-state index in [1.807, 2.05) is 71.2 Å². The number of benzene rings is 4. The lowest BCUT2D eigenvalue weighted by atomic mass is 9.83. The van der Waals surface area contributed by atoms with Crippen LogP contribution in [-0.4, -0.2) is 6.26 Å². The second kappa shape index (κ2) is 39.3. The van der Waals surface area contributed by atoms with Crippen LogP contribution in [0.15, 0.2) is 283 Å². The molecule has 77 heavy (non-hydrogen) atoms. The molecule has 0 atom stereocenters. The van der Waals surface area contributed by atoms with Crippen molar-refractivity contribution in [3.8, 4) is 0 Å². The van der Waals surface area contributed by atoms with Gasteiger partial charge < -0.3 is 5.32 Å². The van der Waals surface area contributed by atoms with Gasteiger partial charge in [0, 0.05) is 5.69 Å². The van der Waals surface area contributed by atoms with Crippen LogP contribution in [0.4, 0.5) is 5.69 Å². The smallest absolute Gasteiger partial charge is 0.0379 e. The Hall–Kier alpha value is -7.13. The lowest BCUT2D eigenvalue weighted by Gasteiger charge is -2.22. The number of thiol groups is 1. The van der Waals surface area contributed by atoms with Crippen LogP contribution < -0.4 is 5.32 Å². The highest BCUT2D eigenvalue weighted by atomic mass is 32.1. The lowest BCUT2D eigenvalue weighted by molar-refractivity contribution is 0.966. The summed E-state index contributed by atoms with van der Waals surface area (Å²) < 4.78 is 0. The first kappa shape index (κ1) is 66.0. The van der Waals surface area contributed by atoms with Crippen molar-refractivity contribution in [2.75, 3.05) is 11.6 Å². The molecule has 0 amide bonds.